The molecule has 0 bridgehead atoms. The molecule has 13 heteroatoms. The van der Waals surface area contributed by atoms with E-state index in [0.717, 1.165) is 55.9 Å². The summed E-state index contributed by atoms with van der Waals surface area (Å²) in [4.78, 5) is 45.7. The Morgan fingerprint density at radius 2 is 1.61 bits per heavy atom. The quantitative estimate of drug-likeness (QED) is 0.0835. The zero-order valence-corrected chi connectivity index (χ0v) is 26.5. The molecule has 3 fully saturated rings. The summed E-state index contributed by atoms with van der Waals surface area (Å²) in [6.45, 7) is 18.3. The standard InChI is InChI=1S/C12H13N3O2.C7H14O3Si.C6H16O3Si/c16-9-7-8(13-1-2-13)12(17)11(15-5-6-15)10(9)14-3-4-14;1-6(2)7(8)9-10-11(3,4)5;1-2-6(10)9-4-5(8)3-7/h7H,1-6H2;1H2,2-5H3;5-8H,2-4H2,1,10H3. The number of aliphatic hydroxyl groups excluding tert-OH is 2. The van der Waals surface area contributed by atoms with E-state index in [2.05, 4.69) is 11.5 Å². The van der Waals surface area contributed by atoms with Gasteiger partial charge in [-0.3, -0.25) is 9.59 Å². The maximum atomic E-state index is 12.4. The molecule has 4 aliphatic rings. The van der Waals surface area contributed by atoms with E-state index in [1.807, 2.05) is 41.3 Å². The van der Waals surface area contributed by atoms with Crippen LogP contribution in [0.15, 0.2) is 35.3 Å². The molecular formula is C25H43N3O8Si2. The van der Waals surface area contributed by atoms with Crippen molar-refractivity contribution in [1.29, 1.82) is 0 Å². The molecule has 0 aromatic carbocycles. The number of Topliss-reactive ketones (excluding diaryl/α,β-unsaturated/α-hetero) is 1. The van der Waals surface area contributed by atoms with Crippen LogP contribution in [0.2, 0.25) is 19.6 Å². The zero-order valence-electron chi connectivity index (χ0n) is 23.5. The van der Waals surface area contributed by atoms with Crippen LogP contribution in [0.4, 0.5) is 0 Å². The third-order valence-corrected chi connectivity index (χ3v) is 7.30. The van der Waals surface area contributed by atoms with Crippen molar-refractivity contribution in [1.82, 2.24) is 14.7 Å². The van der Waals surface area contributed by atoms with Crippen LogP contribution in [-0.2, 0) is 28.6 Å². The first-order valence-corrected chi connectivity index (χ1v) is 17.6. The van der Waals surface area contributed by atoms with E-state index in [0.29, 0.717) is 28.4 Å². The number of hydrogen-bond acceptors (Lipinski definition) is 11. The predicted octanol–water partition coefficient (Wildman–Crippen LogP) is -0.490. The second-order valence-corrected chi connectivity index (χ2v) is 16.3. The predicted molar refractivity (Wildman–Crippen MR) is 148 cm³/mol. The van der Waals surface area contributed by atoms with Crippen LogP contribution in [0.3, 0.4) is 0 Å². The van der Waals surface area contributed by atoms with E-state index in [1.54, 1.807) is 6.92 Å². The van der Waals surface area contributed by atoms with Crippen LogP contribution < -0.4 is 0 Å². The van der Waals surface area contributed by atoms with E-state index in [-0.39, 0.29) is 24.8 Å². The summed E-state index contributed by atoms with van der Waals surface area (Å²) in [5, 5.41) is 17.2. The highest BCUT2D eigenvalue weighted by Gasteiger charge is 2.43. The Hall–Kier alpha value is -2.30. The van der Waals surface area contributed by atoms with Crippen LogP contribution in [-0.4, -0.2) is 125 Å². The topological polar surface area (TPSA) is 128 Å². The molecule has 2 unspecified atom stereocenters. The highest BCUT2D eigenvalue weighted by atomic mass is 28.4. The van der Waals surface area contributed by atoms with Crippen molar-refractivity contribution < 1.29 is 38.8 Å². The summed E-state index contributed by atoms with van der Waals surface area (Å²) in [6, 6.07) is 0. The van der Waals surface area contributed by atoms with Crippen molar-refractivity contribution in [3.63, 3.8) is 0 Å². The maximum absolute atomic E-state index is 12.4. The molecule has 0 aromatic heterocycles. The fourth-order valence-corrected chi connectivity index (χ4v) is 3.47. The van der Waals surface area contributed by atoms with Gasteiger partial charge in [0.15, 0.2) is 0 Å². The van der Waals surface area contributed by atoms with Crippen LogP contribution in [0.5, 0.6) is 0 Å². The Bertz CT molecular complexity index is 941. The molecule has 214 valence electrons. The lowest BCUT2D eigenvalue weighted by molar-refractivity contribution is -0.214. The summed E-state index contributed by atoms with van der Waals surface area (Å²) < 4.78 is 10.1. The molecule has 1 aliphatic carbocycles. The summed E-state index contributed by atoms with van der Waals surface area (Å²) in [5.41, 5.74) is 2.54. The van der Waals surface area contributed by atoms with Crippen LogP contribution >= 0.6 is 0 Å². The molecule has 38 heavy (non-hydrogen) atoms. The molecule has 0 radical (unpaired) electrons. The first kappa shape index (κ1) is 31.9. The Morgan fingerprint density at radius 1 is 1.08 bits per heavy atom. The van der Waals surface area contributed by atoms with Gasteiger partial charge in [-0.25, -0.2) is 9.37 Å². The van der Waals surface area contributed by atoms with E-state index < -0.39 is 20.4 Å². The molecule has 0 aromatic rings. The summed E-state index contributed by atoms with van der Waals surface area (Å²) in [5.74, 6) is -0.445. The molecule has 2 atom stereocenters. The van der Waals surface area contributed by atoms with Crippen molar-refractivity contribution in [3.8, 4) is 0 Å². The number of nitrogens with zero attached hydrogens (tertiary/aromatic N) is 3. The fraction of sp³-hybridized carbons (Fsp3) is 0.640. The number of hydrogen-bond donors (Lipinski definition) is 2. The third-order valence-electron chi connectivity index (χ3n) is 5.56. The first-order chi connectivity index (χ1) is 17.8. The summed E-state index contributed by atoms with van der Waals surface area (Å²) >= 11 is 0. The molecule has 0 saturated carbocycles. The Morgan fingerprint density at radius 3 is 2.03 bits per heavy atom. The third kappa shape index (κ3) is 10.8. The lowest BCUT2D eigenvalue weighted by Crippen LogP contribution is -2.29. The van der Waals surface area contributed by atoms with Gasteiger partial charge in [0.1, 0.15) is 17.5 Å². The Labute approximate surface area is 229 Å². The Kier molecular flexibility index (Phi) is 11.9. The number of carbonyl (C=O) groups is 3. The molecule has 2 N–H and O–H groups in total. The van der Waals surface area contributed by atoms with Crippen molar-refractivity contribution in [2.75, 3.05) is 52.5 Å². The molecular weight excluding hydrogens is 526 g/mol. The zero-order chi connectivity index (χ0) is 28.6. The maximum Gasteiger partial charge on any atom is 0.366 e. The summed E-state index contributed by atoms with van der Waals surface area (Å²) in [7, 11) is -0.767. The van der Waals surface area contributed by atoms with Gasteiger partial charge in [-0.15, -0.1) is 0 Å². The van der Waals surface area contributed by atoms with Gasteiger partial charge in [-0.1, -0.05) is 13.5 Å². The fourth-order valence-electron chi connectivity index (χ4n) is 2.96. The summed E-state index contributed by atoms with van der Waals surface area (Å²) in [6.07, 6.45) is 1.81. The van der Waals surface area contributed by atoms with Crippen LogP contribution in [0, 0.1) is 0 Å². The van der Waals surface area contributed by atoms with Crippen molar-refractivity contribution in [2.24, 2.45) is 0 Å². The van der Waals surface area contributed by atoms with E-state index in [9.17, 15) is 14.4 Å². The lowest BCUT2D eigenvalue weighted by atomic mass is 10.0. The first-order valence-electron chi connectivity index (χ1n) is 13.0. The monoisotopic (exact) mass is 569 g/mol. The van der Waals surface area contributed by atoms with E-state index in [1.165, 1.54) is 6.08 Å². The van der Waals surface area contributed by atoms with Crippen LogP contribution in [0.25, 0.3) is 0 Å². The van der Waals surface area contributed by atoms with E-state index >= 15 is 0 Å². The SMILES string of the molecule is C=C(C)C(=O)OO[Si](C)(C)C.CCC([SiH3])OCC(O)CO.O=C1C=C(N2CC2)C(=O)C(N2CC2)=C1N1CC1. The highest BCUT2D eigenvalue weighted by Crippen LogP contribution is 2.33. The number of carbonyl (C=O) groups excluding carboxylic acids is 3. The van der Waals surface area contributed by atoms with Gasteiger partial charge < -0.3 is 34.5 Å². The Balaban J connectivity index is 0.000000214. The van der Waals surface area contributed by atoms with Crippen molar-refractivity contribution >= 4 is 36.1 Å². The smallest absolute Gasteiger partial charge is 0.366 e. The molecule has 0 amide bonds. The number of aliphatic hydroxyl groups is 2. The van der Waals surface area contributed by atoms with Crippen molar-refractivity contribution in [3.05, 3.63) is 35.3 Å². The molecule has 3 heterocycles. The second-order valence-electron chi connectivity index (χ2n) is 10.6. The van der Waals surface area contributed by atoms with Gasteiger partial charge in [0.25, 0.3) is 0 Å². The number of allylic oxidation sites excluding steroid dienone is 1. The number of ketones is 2. The second kappa shape index (κ2) is 14.2. The van der Waals surface area contributed by atoms with E-state index in [4.69, 9.17) is 19.5 Å². The minimum atomic E-state index is -1.75. The van der Waals surface area contributed by atoms with Crippen molar-refractivity contribution in [2.45, 2.75) is 51.7 Å². The lowest BCUT2D eigenvalue weighted by Gasteiger charge is -2.21. The van der Waals surface area contributed by atoms with Gasteiger partial charge >= 0.3 is 5.97 Å². The normalized spacial score (nSPS) is 19.6. The molecule has 11 nitrogen and oxygen atoms in total. The average molecular weight is 570 g/mol. The largest absolute Gasteiger partial charge is 0.394 e. The number of rotatable bonds is 11. The van der Waals surface area contributed by atoms with Gasteiger partial charge in [0.05, 0.1) is 18.9 Å². The average Bonchev–Trinajstić information content (AvgIpc) is 3.71. The molecule has 4 rings (SSSR count). The minimum Gasteiger partial charge on any atom is -0.394 e. The molecule has 3 aliphatic heterocycles. The minimum absolute atomic E-state index is 0.00546. The number of ether oxygens (including phenoxy) is 1. The van der Waals surface area contributed by atoms with Gasteiger partial charge in [0, 0.05) is 66.9 Å². The van der Waals surface area contributed by atoms with Crippen LogP contribution in [0.1, 0.15) is 20.3 Å². The molecule has 0 spiro atoms. The van der Waals surface area contributed by atoms with Gasteiger partial charge in [-0.05, 0) is 33.0 Å². The van der Waals surface area contributed by atoms with Gasteiger partial charge in [-0.2, -0.15) is 0 Å². The van der Waals surface area contributed by atoms with Gasteiger partial charge in [0.2, 0.25) is 19.9 Å². The molecule has 3 saturated heterocycles. The highest BCUT2D eigenvalue weighted by molar-refractivity contribution is 6.69.